The van der Waals surface area contributed by atoms with Crippen LogP contribution in [0, 0.1) is 11.8 Å². The predicted octanol–water partition coefficient (Wildman–Crippen LogP) is 19.5. The van der Waals surface area contributed by atoms with E-state index in [9.17, 15) is 5.53 Å². The minimum Gasteiger partial charge on any atom is -0.0654 e. The van der Waals surface area contributed by atoms with Gasteiger partial charge in [0.05, 0.1) is 5.57 Å². The second kappa shape index (κ2) is 43.6. The molecule has 0 saturated carbocycles. The summed E-state index contributed by atoms with van der Waals surface area (Å²) in [7, 11) is 0. The van der Waals surface area contributed by atoms with Crippen LogP contribution in [0.15, 0.2) is 59.7 Å². The molecule has 0 atom stereocenters. The molecule has 2 rings (SSSR count). The van der Waals surface area contributed by atoms with E-state index in [0.29, 0.717) is 0 Å². The van der Waals surface area contributed by atoms with Crippen LogP contribution in [0.5, 0.6) is 0 Å². The molecule has 352 valence electrons. The predicted molar refractivity (Wildman–Crippen MR) is 273 cm³/mol. The molecule has 0 aliphatic rings. The monoisotopic (exact) mass is 891 g/mol. The van der Waals surface area contributed by atoms with Crippen molar-refractivity contribution in [2.75, 3.05) is 0 Å². The van der Waals surface area contributed by atoms with Crippen molar-refractivity contribution in [3.63, 3.8) is 0 Å². The summed E-state index contributed by atoms with van der Waals surface area (Å²) in [6.45, 7) is 13.2. The Morgan fingerprint density at radius 2 is 0.984 bits per heavy atom. The van der Waals surface area contributed by atoms with Gasteiger partial charge >= 0.3 is 172 Å². The van der Waals surface area contributed by atoms with Crippen molar-refractivity contribution in [2.24, 2.45) is 0 Å². The topological polar surface area (TPSA) is 36.4 Å². The van der Waals surface area contributed by atoms with Crippen molar-refractivity contribution in [3.8, 4) is 11.8 Å². The van der Waals surface area contributed by atoms with E-state index in [4.69, 9.17) is 0 Å². The fraction of sp³-hybridized carbons (Fsp3) is 0.695. The van der Waals surface area contributed by atoms with Gasteiger partial charge < -0.3 is 5.53 Å². The molecule has 0 aromatic heterocycles. The van der Waals surface area contributed by atoms with E-state index in [1.807, 2.05) is 21.4 Å². The molecule has 2 aromatic rings. The molecule has 0 amide bonds. The van der Waals surface area contributed by atoms with Gasteiger partial charge in [-0.15, -0.1) is 16.6 Å². The summed E-state index contributed by atoms with van der Waals surface area (Å²) >= 11 is 2.03. The van der Waals surface area contributed by atoms with Gasteiger partial charge in [0, 0.05) is 6.42 Å². The van der Waals surface area contributed by atoms with Crippen LogP contribution >= 0.6 is 0 Å². The zero-order valence-corrected chi connectivity index (χ0v) is 42.6. The molecule has 0 unspecified atom stereocenters. The molecule has 2 nitrogen and oxygen atoms in total. The van der Waals surface area contributed by atoms with Crippen molar-refractivity contribution < 1.29 is 19.2 Å². The molecule has 0 radical (unpaired) electrons. The third-order valence-corrected chi connectivity index (χ3v) is 13.5. The Balaban J connectivity index is 0.000000644. The minimum atomic E-state index is 0.845. The fourth-order valence-electron chi connectivity index (χ4n) is 8.21. The van der Waals surface area contributed by atoms with E-state index in [1.165, 1.54) is 198 Å². The molecule has 0 saturated heterocycles. The Labute approximate surface area is 392 Å². The quantitative estimate of drug-likeness (QED) is 0.0123. The Morgan fingerprint density at radius 3 is 1.47 bits per heavy atom. The molecule has 0 fully saturated rings. The maximum atomic E-state index is 9.51. The van der Waals surface area contributed by atoms with E-state index >= 15 is 0 Å². The van der Waals surface area contributed by atoms with Crippen molar-refractivity contribution >= 4 is 11.4 Å². The fourth-order valence-corrected chi connectivity index (χ4v) is 9.44. The van der Waals surface area contributed by atoms with E-state index in [1.54, 1.807) is 0 Å². The summed E-state index contributed by atoms with van der Waals surface area (Å²) in [5.41, 5.74) is 18.2. The van der Waals surface area contributed by atoms with Crippen LogP contribution in [0.3, 0.4) is 0 Å². The maximum absolute atomic E-state index is 9.51. The average molecular weight is 892 g/mol. The number of hydrogen-bond donors (Lipinski definition) is 0. The van der Waals surface area contributed by atoms with E-state index in [-0.39, 0.29) is 0 Å². The summed E-state index contributed by atoms with van der Waals surface area (Å²) in [5.74, 6) is 9.24. The Bertz CT molecular complexity index is 1490. The van der Waals surface area contributed by atoms with Crippen LogP contribution in [0.25, 0.3) is 11.1 Å². The summed E-state index contributed by atoms with van der Waals surface area (Å²) in [4.78, 5) is 3.38. The third kappa shape index (κ3) is 29.7. The van der Waals surface area contributed by atoms with Crippen LogP contribution in [-0.4, -0.2) is 10.7 Å². The molecular weight excluding hydrogens is 795 g/mol. The van der Waals surface area contributed by atoms with Gasteiger partial charge in [0.25, 0.3) is 0 Å². The smallest absolute Gasteiger partial charge is 0.0654 e. The third-order valence-electron chi connectivity index (χ3n) is 12.1. The molecule has 0 aliphatic heterocycles. The Hall–Kier alpha value is -2.61. The molecule has 0 heterocycles. The second-order valence-corrected chi connectivity index (χ2v) is 19.2. The van der Waals surface area contributed by atoms with Crippen molar-refractivity contribution in [1.82, 2.24) is 0 Å². The van der Waals surface area contributed by atoms with Gasteiger partial charge in [-0.2, -0.15) is 0 Å². The molecule has 0 aliphatic carbocycles. The second-order valence-electron chi connectivity index (χ2n) is 17.7. The normalized spacial score (nSPS) is 11.3. The molecule has 0 N–H and O–H groups in total. The van der Waals surface area contributed by atoms with Gasteiger partial charge in [0.15, 0.2) is 0 Å². The number of benzene rings is 2. The van der Waals surface area contributed by atoms with Gasteiger partial charge in [0.1, 0.15) is 0 Å². The number of aryl methyl sites for hydroxylation is 2. The molecule has 62 heavy (non-hydrogen) atoms. The number of hydrogen-bond acceptors (Lipinski definition) is 0. The Kier molecular flexibility index (Phi) is 40.4. The molecule has 2 aromatic carbocycles. The average Bonchev–Trinajstić information content (AvgIpc) is 3.29. The van der Waals surface area contributed by atoms with Gasteiger partial charge in [-0.1, -0.05) is 102 Å². The summed E-state index contributed by atoms with van der Waals surface area (Å²) in [6.07, 6.45) is 43.7. The molecule has 0 spiro atoms. The zero-order chi connectivity index (χ0) is 45.0. The van der Waals surface area contributed by atoms with E-state index in [0.717, 1.165) is 63.4 Å². The summed E-state index contributed by atoms with van der Waals surface area (Å²) < 4.78 is 0. The number of nitrogens with zero attached hydrogens (tertiary/aromatic N) is 2. The molecule has 0 bridgehead atoms. The molecule has 3 heteroatoms. The first-order valence-corrected chi connectivity index (χ1v) is 27.7. The zero-order valence-electron chi connectivity index (χ0n) is 41.6. The van der Waals surface area contributed by atoms with Crippen LogP contribution in [0.2, 0.25) is 10.8 Å². The first-order valence-electron chi connectivity index (χ1n) is 26.3. The first kappa shape index (κ1) is 57.4. The van der Waals surface area contributed by atoms with Gasteiger partial charge in [-0.05, 0) is 85.3 Å². The first-order chi connectivity index (χ1) is 30.6. The van der Waals surface area contributed by atoms with Crippen molar-refractivity contribution in [2.45, 2.75) is 264 Å². The standard InChI is InChI=1S/C33H42N2.2C13H27.Ni/c1-5-9-13-18-28-19-14-15-21-31(28)33(29-24-22-27(23-25-29)16-10-6-2)32(20-12-8-4)30(26-35-34)17-11-7-3;2*1-3-5-7-9-11-13-12-10-8-6-4-2;/h14-15,19,21-25H,6-8,10-13,16-18,20H2,1-4H3;2*1,3-13H2,2H3;. The minimum absolute atomic E-state index is 0.845. The van der Waals surface area contributed by atoms with Crippen LogP contribution in [0.4, 0.5) is 0 Å². The van der Waals surface area contributed by atoms with Crippen LogP contribution in [-0.2, 0) is 27.3 Å². The van der Waals surface area contributed by atoms with E-state index < -0.39 is 0 Å². The van der Waals surface area contributed by atoms with Gasteiger partial charge in [-0.3, -0.25) is 0 Å². The number of allylic oxidation sites excluding steroid dienone is 2. The summed E-state index contributed by atoms with van der Waals surface area (Å²) in [5, 5.41) is 2.86. The number of unbranched alkanes of at least 4 members (excludes halogenated alkanes) is 23. The SMILES string of the molecule is CC#CCCc1ccccc1C(=C(CCCC)C(=C=[N+]=[N-])CCCC)c1ccc(CCCC)cc1.CCCCCCCCCCCC[CH2][Ni][CH2]CCCCCCCCCCCC. The van der Waals surface area contributed by atoms with E-state index in [2.05, 4.69) is 106 Å². The van der Waals surface area contributed by atoms with Gasteiger partial charge in [-0.25, -0.2) is 0 Å². The molecular formula is C59H96N2Ni. The van der Waals surface area contributed by atoms with Crippen molar-refractivity contribution in [3.05, 3.63) is 87.5 Å². The van der Waals surface area contributed by atoms with Crippen LogP contribution in [0.1, 0.15) is 263 Å². The number of rotatable bonds is 38. The van der Waals surface area contributed by atoms with Gasteiger partial charge in [0.2, 0.25) is 0 Å². The van der Waals surface area contributed by atoms with Crippen molar-refractivity contribution in [1.29, 1.82) is 0 Å². The Morgan fingerprint density at radius 1 is 0.516 bits per heavy atom. The van der Waals surface area contributed by atoms with Crippen LogP contribution < -0.4 is 0 Å². The summed E-state index contributed by atoms with van der Waals surface area (Å²) in [6, 6.07) is 17.9.